The normalized spacial score (nSPS) is 10.8. The number of rotatable bonds is 4. The van der Waals surface area contributed by atoms with E-state index in [0.29, 0.717) is 5.56 Å². The number of benzene rings is 2. The van der Waals surface area contributed by atoms with Gasteiger partial charge >= 0.3 is 0 Å². The first-order valence-electron chi connectivity index (χ1n) is 7.55. The Labute approximate surface area is 147 Å². The van der Waals surface area contributed by atoms with Gasteiger partial charge in [0.05, 0.1) is 20.8 Å². The molecule has 0 radical (unpaired) electrons. The quantitative estimate of drug-likeness (QED) is 0.549. The number of hydrogen-bond acceptors (Lipinski definition) is 4. The summed E-state index contributed by atoms with van der Waals surface area (Å²) in [5.74, 6) is -0.0739. The zero-order chi connectivity index (χ0) is 16.4. The molecule has 0 spiro atoms. The fourth-order valence-electron chi connectivity index (χ4n) is 2.47. The Balaban J connectivity index is 1.46. The molecule has 2 heterocycles. The van der Waals surface area contributed by atoms with Crippen molar-refractivity contribution in [2.45, 2.75) is 6.42 Å². The summed E-state index contributed by atoms with van der Waals surface area (Å²) in [5.41, 5.74) is 3.73. The van der Waals surface area contributed by atoms with E-state index in [2.05, 4.69) is 16.4 Å². The Bertz CT molecular complexity index is 939. The predicted molar refractivity (Wildman–Crippen MR) is 101 cm³/mol. The third-order valence-electron chi connectivity index (χ3n) is 3.69. The fraction of sp³-hybridized carbons (Fsp3) is 0.0526. The van der Waals surface area contributed by atoms with Gasteiger partial charge in [-0.25, -0.2) is 4.98 Å². The van der Waals surface area contributed by atoms with E-state index in [1.165, 1.54) is 21.6 Å². The first kappa shape index (κ1) is 15.1. The number of hydrogen-bond donors (Lipinski definition) is 1. The van der Waals surface area contributed by atoms with Crippen LogP contribution in [0.15, 0.2) is 65.4 Å². The Morgan fingerprint density at radius 3 is 2.62 bits per heavy atom. The van der Waals surface area contributed by atoms with E-state index < -0.39 is 0 Å². The molecule has 1 amide bonds. The van der Waals surface area contributed by atoms with Crippen molar-refractivity contribution < 1.29 is 4.79 Å². The Kier molecular flexibility index (Phi) is 4.11. The van der Waals surface area contributed by atoms with Gasteiger partial charge in [-0.3, -0.25) is 4.79 Å². The van der Waals surface area contributed by atoms with E-state index in [1.807, 2.05) is 59.3 Å². The van der Waals surface area contributed by atoms with Gasteiger partial charge in [-0.05, 0) is 41.3 Å². The van der Waals surface area contributed by atoms with Crippen molar-refractivity contribution in [2.75, 3.05) is 5.32 Å². The SMILES string of the molecule is O=C(Nc1ccc(Cc2nc3ccccc3s2)cc1)c1ccsc1. The highest BCUT2D eigenvalue weighted by Crippen LogP contribution is 2.24. The highest BCUT2D eigenvalue weighted by molar-refractivity contribution is 7.18. The molecule has 5 heteroatoms. The van der Waals surface area contributed by atoms with Gasteiger partial charge in [0.2, 0.25) is 0 Å². The summed E-state index contributed by atoms with van der Waals surface area (Å²) in [4.78, 5) is 16.7. The maximum atomic E-state index is 12.0. The predicted octanol–water partition coefficient (Wildman–Crippen LogP) is 5.20. The molecule has 4 rings (SSSR count). The van der Waals surface area contributed by atoms with Crippen molar-refractivity contribution in [3.05, 3.63) is 81.5 Å². The minimum Gasteiger partial charge on any atom is -0.322 e. The molecule has 0 saturated carbocycles. The van der Waals surface area contributed by atoms with Gasteiger partial charge in [0.15, 0.2) is 0 Å². The molecule has 2 aromatic heterocycles. The summed E-state index contributed by atoms with van der Waals surface area (Å²) < 4.78 is 1.21. The monoisotopic (exact) mass is 350 g/mol. The lowest BCUT2D eigenvalue weighted by Gasteiger charge is -2.05. The van der Waals surface area contributed by atoms with Gasteiger partial charge in [0.25, 0.3) is 5.91 Å². The molecule has 118 valence electrons. The van der Waals surface area contributed by atoms with Crippen LogP contribution in [0, 0.1) is 0 Å². The standard InChI is InChI=1S/C19H14N2OS2/c22-19(14-9-10-23-12-14)20-15-7-5-13(6-8-15)11-18-21-16-3-1-2-4-17(16)24-18/h1-10,12H,11H2,(H,20,22). The molecule has 0 unspecified atom stereocenters. The Hall–Kier alpha value is -2.50. The van der Waals surface area contributed by atoms with Crippen LogP contribution in [0.4, 0.5) is 5.69 Å². The summed E-state index contributed by atoms with van der Waals surface area (Å²) in [6.07, 6.45) is 0.804. The second-order valence-corrected chi connectivity index (χ2v) is 7.31. The molecule has 0 atom stereocenters. The van der Waals surface area contributed by atoms with Crippen LogP contribution in [-0.2, 0) is 6.42 Å². The van der Waals surface area contributed by atoms with E-state index in [1.54, 1.807) is 11.3 Å². The minimum absolute atomic E-state index is 0.0739. The average Bonchev–Trinajstić information content (AvgIpc) is 3.25. The first-order chi connectivity index (χ1) is 11.8. The number of carbonyl (C=O) groups is 1. The van der Waals surface area contributed by atoms with Crippen molar-refractivity contribution in [3.63, 3.8) is 0 Å². The van der Waals surface area contributed by atoms with E-state index in [0.717, 1.165) is 22.6 Å². The van der Waals surface area contributed by atoms with Crippen LogP contribution >= 0.6 is 22.7 Å². The second kappa shape index (κ2) is 6.55. The lowest BCUT2D eigenvalue weighted by molar-refractivity contribution is 0.102. The van der Waals surface area contributed by atoms with Crippen molar-refractivity contribution >= 4 is 44.5 Å². The van der Waals surface area contributed by atoms with Gasteiger partial charge in [0, 0.05) is 17.5 Å². The second-order valence-electron chi connectivity index (χ2n) is 5.42. The van der Waals surface area contributed by atoms with Crippen molar-refractivity contribution in [2.24, 2.45) is 0 Å². The zero-order valence-corrected chi connectivity index (χ0v) is 14.4. The molecule has 2 aromatic carbocycles. The van der Waals surface area contributed by atoms with Gasteiger partial charge in [-0.2, -0.15) is 11.3 Å². The topological polar surface area (TPSA) is 42.0 Å². The van der Waals surface area contributed by atoms with Crippen molar-refractivity contribution in [1.29, 1.82) is 0 Å². The average molecular weight is 350 g/mol. The lowest BCUT2D eigenvalue weighted by atomic mass is 10.1. The number of carbonyl (C=O) groups excluding carboxylic acids is 1. The molecular weight excluding hydrogens is 336 g/mol. The van der Waals surface area contributed by atoms with Crippen LogP contribution in [0.1, 0.15) is 20.9 Å². The third-order valence-corrected chi connectivity index (χ3v) is 5.41. The van der Waals surface area contributed by atoms with Crippen molar-refractivity contribution in [1.82, 2.24) is 4.98 Å². The zero-order valence-electron chi connectivity index (χ0n) is 12.7. The molecule has 0 aliphatic carbocycles. The van der Waals surface area contributed by atoms with Gasteiger partial charge < -0.3 is 5.32 Å². The van der Waals surface area contributed by atoms with Crippen LogP contribution < -0.4 is 5.32 Å². The van der Waals surface area contributed by atoms with E-state index in [4.69, 9.17) is 0 Å². The largest absolute Gasteiger partial charge is 0.322 e. The number of aromatic nitrogens is 1. The van der Waals surface area contributed by atoms with Gasteiger partial charge in [0.1, 0.15) is 0 Å². The summed E-state index contributed by atoms with van der Waals surface area (Å²) in [7, 11) is 0. The van der Waals surface area contributed by atoms with Gasteiger partial charge in [-0.15, -0.1) is 11.3 Å². The lowest BCUT2D eigenvalue weighted by Crippen LogP contribution is -2.10. The first-order valence-corrected chi connectivity index (χ1v) is 9.31. The number of anilines is 1. The highest BCUT2D eigenvalue weighted by Gasteiger charge is 2.07. The number of thiazole rings is 1. The number of fused-ring (bicyclic) bond motifs is 1. The van der Waals surface area contributed by atoms with Crippen LogP contribution in [0.5, 0.6) is 0 Å². The number of amides is 1. The number of nitrogens with zero attached hydrogens (tertiary/aromatic N) is 1. The fourth-order valence-corrected chi connectivity index (χ4v) is 4.11. The maximum absolute atomic E-state index is 12.0. The third kappa shape index (κ3) is 3.22. The molecule has 0 bridgehead atoms. The molecule has 0 aliphatic rings. The van der Waals surface area contributed by atoms with Crippen LogP contribution in [0.25, 0.3) is 10.2 Å². The molecule has 0 fully saturated rings. The molecular formula is C19H14N2OS2. The molecule has 1 N–H and O–H groups in total. The van der Waals surface area contributed by atoms with Crippen LogP contribution in [0.2, 0.25) is 0 Å². The minimum atomic E-state index is -0.0739. The van der Waals surface area contributed by atoms with E-state index >= 15 is 0 Å². The number of thiophene rings is 1. The van der Waals surface area contributed by atoms with Crippen LogP contribution in [-0.4, -0.2) is 10.9 Å². The smallest absolute Gasteiger partial charge is 0.256 e. The van der Waals surface area contributed by atoms with Crippen LogP contribution in [0.3, 0.4) is 0 Å². The Morgan fingerprint density at radius 1 is 1.04 bits per heavy atom. The molecule has 4 aromatic rings. The summed E-state index contributed by atoms with van der Waals surface area (Å²) in [6.45, 7) is 0. The number of para-hydroxylation sites is 1. The van der Waals surface area contributed by atoms with E-state index in [9.17, 15) is 4.79 Å². The molecule has 0 aliphatic heterocycles. The number of nitrogens with one attached hydrogen (secondary N) is 1. The Morgan fingerprint density at radius 2 is 1.88 bits per heavy atom. The van der Waals surface area contributed by atoms with Crippen molar-refractivity contribution in [3.8, 4) is 0 Å². The van der Waals surface area contributed by atoms with Gasteiger partial charge in [-0.1, -0.05) is 24.3 Å². The summed E-state index contributed by atoms with van der Waals surface area (Å²) >= 11 is 3.24. The molecule has 3 nitrogen and oxygen atoms in total. The maximum Gasteiger partial charge on any atom is 0.256 e. The molecule has 24 heavy (non-hydrogen) atoms. The highest BCUT2D eigenvalue weighted by atomic mass is 32.1. The molecule has 0 saturated heterocycles. The summed E-state index contributed by atoms with van der Waals surface area (Å²) in [6, 6.07) is 18.0. The summed E-state index contributed by atoms with van der Waals surface area (Å²) in [5, 5.41) is 7.76. The van der Waals surface area contributed by atoms with E-state index in [-0.39, 0.29) is 5.91 Å².